The van der Waals surface area contributed by atoms with Gasteiger partial charge >= 0.3 is 0 Å². The summed E-state index contributed by atoms with van der Waals surface area (Å²) in [5, 5.41) is 24.4. The quantitative estimate of drug-likeness (QED) is 0.356. The number of non-ortho nitro benzene ring substituents is 1. The van der Waals surface area contributed by atoms with E-state index in [-0.39, 0.29) is 24.7 Å². The summed E-state index contributed by atoms with van der Waals surface area (Å²) in [6, 6.07) is 13.8. The van der Waals surface area contributed by atoms with Gasteiger partial charge in [-0.25, -0.2) is 4.99 Å². The first kappa shape index (κ1) is 18.7. The first-order chi connectivity index (χ1) is 13.1. The number of nitrogens with zero attached hydrogens (tertiary/aromatic N) is 4. The third-order valence-corrected chi connectivity index (χ3v) is 4.12. The highest BCUT2D eigenvalue weighted by Crippen LogP contribution is 2.29. The maximum absolute atomic E-state index is 11.2. The Bertz CT molecular complexity index is 935. The average molecular weight is 386 g/mol. The predicted octanol–water partition coefficient (Wildman–Crippen LogP) is 2.65. The van der Waals surface area contributed by atoms with E-state index in [0.717, 1.165) is 5.56 Å². The number of halogens is 1. The number of aliphatic hydroxyl groups excluding tert-OH is 1. The van der Waals surface area contributed by atoms with Crippen molar-refractivity contribution in [3.63, 3.8) is 0 Å². The number of aliphatic imine (C=N–C) groups is 2. The van der Waals surface area contributed by atoms with Crippen LogP contribution >= 0.6 is 11.6 Å². The minimum atomic E-state index is -0.449. The van der Waals surface area contributed by atoms with E-state index in [1.807, 2.05) is 30.3 Å². The molecule has 0 atom stereocenters. The first-order valence-electron chi connectivity index (χ1n) is 8.07. The number of hydrogen-bond acceptors (Lipinski definition) is 7. The fraction of sp³-hybridized carbons (Fsp3) is 0.167. The predicted molar refractivity (Wildman–Crippen MR) is 106 cm³/mol. The second-order valence-corrected chi connectivity index (χ2v) is 5.90. The van der Waals surface area contributed by atoms with Crippen LogP contribution in [0.5, 0.6) is 0 Å². The highest BCUT2D eigenvalue weighted by atomic mass is 35.5. The highest BCUT2D eigenvalue weighted by Gasteiger charge is 2.19. The van der Waals surface area contributed by atoms with Crippen molar-refractivity contribution < 1.29 is 10.0 Å². The lowest BCUT2D eigenvalue weighted by Gasteiger charge is -2.08. The van der Waals surface area contributed by atoms with Crippen LogP contribution in [0, 0.1) is 10.1 Å². The molecule has 3 rings (SSSR count). The van der Waals surface area contributed by atoms with E-state index >= 15 is 0 Å². The summed E-state index contributed by atoms with van der Waals surface area (Å²) in [6.07, 6.45) is 0. The summed E-state index contributed by atoms with van der Waals surface area (Å²) in [5.74, 6) is 0.519. The SMILES string of the molecule is O=[N+]([O-])c1ccc2c(c1)C(c1ccccc1)=NCC(N/N=C(\CO)CCl)=N2. The van der Waals surface area contributed by atoms with Gasteiger partial charge in [-0.1, -0.05) is 30.3 Å². The topological polar surface area (TPSA) is 112 Å². The van der Waals surface area contributed by atoms with Crippen LogP contribution in [0.3, 0.4) is 0 Å². The van der Waals surface area contributed by atoms with Crippen molar-refractivity contribution in [3.05, 3.63) is 69.8 Å². The molecule has 0 radical (unpaired) electrons. The van der Waals surface area contributed by atoms with Gasteiger partial charge in [-0.2, -0.15) is 5.10 Å². The van der Waals surface area contributed by atoms with E-state index in [9.17, 15) is 10.1 Å². The summed E-state index contributed by atoms with van der Waals surface area (Å²) in [6.45, 7) is -0.0811. The van der Waals surface area contributed by atoms with Gasteiger partial charge in [0.25, 0.3) is 5.69 Å². The Labute approximate surface area is 160 Å². The smallest absolute Gasteiger partial charge is 0.270 e. The maximum Gasteiger partial charge on any atom is 0.270 e. The molecule has 0 aromatic heterocycles. The average Bonchev–Trinajstić information content (AvgIpc) is 2.88. The molecule has 0 spiro atoms. The van der Waals surface area contributed by atoms with Gasteiger partial charge in [0.05, 0.1) is 41.1 Å². The molecule has 0 unspecified atom stereocenters. The molecule has 0 aliphatic carbocycles. The lowest BCUT2D eigenvalue weighted by molar-refractivity contribution is -0.384. The number of rotatable bonds is 5. The third-order valence-electron chi connectivity index (χ3n) is 3.82. The van der Waals surface area contributed by atoms with Crippen LogP contribution in [0.4, 0.5) is 11.4 Å². The maximum atomic E-state index is 11.2. The van der Waals surface area contributed by atoms with Crippen LogP contribution < -0.4 is 5.43 Å². The molecule has 1 aliphatic rings. The molecule has 9 heteroatoms. The largest absolute Gasteiger partial charge is 0.390 e. The van der Waals surface area contributed by atoms with Crippen molar-refractivity contribution in [1.29, 1.82) is 0 Å². The van der Waals surface area contributed by atoms with Crippen LogP contribution in [-0.2, 0) is 0 Å². The van der Waals surface area contributed by atoms with Gasteiger partial charge in [0.15, 0.2) is 0 Å². The Kier molecular flexibility index (Phi) is 5.90. The molecule has 0 saturated heterocycles. The summed E-state index contributed by atoms with van der Waals surface area (Å²) < 4.78 is 0. The van der Waals surface area contributed by atoms with E-state index in [2.05, 4.69) is 20.5 Å². The number of fused-ring (bicyclic) bond motifs is 1. The molecule has 27 heavy (non-hydrogen) atoms. The standard InChI is InChI=1S/C18H16ClN5O3/c19-9-13(11-25)22-23-17-10-20-18(12-4-2-1-3-5-12)15-8-14(24(26)27)6-7-16(15)21-17/h1-8,25H,9-11H2,(H,21,23)/b22-13-. The van der Waals surface area contributed by atoms with E-state index < -0.39 is 4.92 Å². The summed E-state index contributed by atoms with van der Waals surface area (Å²) in [5.41, 5.74) is 5.63. The normalized spacial score (nSPS) is 13.9. The van der Waals surface area contributed by atoms with E-state index in [1.165, 1.54) is 12.1 Å². The molecule has 0 amide bonds. The zero-order valence-corrected chi connectivity index (χ0v) is 14.9. The molecule has 2 aromatic carbocycles. The van der Waals surface area contributed by atoms with Crippen molar-refractivity contribution in [2.24, 2.45) is 15.1 Å². The lowest BCUT2D eigenvalue weighted by atomic mass is 10.00. The van der Waals surface area contributed by atoms with Crippen molar-refractivity contribution in [1.82, 2.24) is 5.43 Å². The zero-order valence-electron chi connectivity index (χ0n) is 14.2. The van der Waals surface area contributed by atoms with Crippen LogP contribution in [0.15, 0.2) is 63.6 Å². The van der Waals surface area contributed by atoms with Gasteiger partial charge in [-0.05, 0) is 6.07 Å². The van der Waals surface area contributed by atoms with E-state index in [4.69, 9.17) is 16.7 Å². The van der Waals surface area contributed by atoms with Crippen molar-refractivity contribution >= 4 is 40.2 Å². The van der Waals surface area contributed by atoms with Gasteiger partial charge in [-0.3, -0.25) is 20.5 Å². The van der Waals surface area contributed by atoms with Crippen molar-refractivity contribution in [2.75, 3.05) is 19.0 Å². The third kappa shape index (κ3) is 4.36. The minimum absolute atomic E-state index is 0.0354. The zero-order chi connectivity index (χ0) is 19.2. The molecular formula is C18H16ClN5O3. The number of aliphatic hydroxyl groups is 1. The molecule has 0 saturated carbocycles. The fourth-order valence-electron chi connectivity index (χ4n) is 2.50. The number of alkyl halides is 1. The molecule has 0 fully saturated rings. The van der Waals surface area contributed by atoms with E-state index in [0.29, 0.717) is 28.5 Å². The Morgan fingerprint density at radius 2 is 2.07 bits per heavy atom. The number of nitrogens with one attached hydrogen (secondary N) is 1. The number of hydrazone groups is 1. The van der Waals surface area contributed by atoms with Crippen LogP contribution in [0.2, 0.25) is 0 Å². The summed E-state index contributed by atoms with van der Waals surface area (Å²) in [7, 11) is 0. The van der Waals surface area contributed by atoms with Gasteiger partial charge in [0.2, 0.25) is 0 Å². The fourth-order valence-corrected chi connectivity index (χ4v) is 2.64. The molecule has 1 heterocycles. The monoisotopic (exact) mass is 385 g/mol. The molecule has 138 valence electrons. The molecule has 0 bridgehead atoms. The first-order valence-corrected chi connectivity index (χ1v) is 8.60. The number of nitro groups is 1. The second-order valence-electron chi connectivity index (χ2n) is 5.63. The lowest BCUT2D eigenvalue weighted by Crippen LogP contribution is -2.24. The van der Waals surface area contributed by atoms with Crippen LogP contribution in [0.1, 0.15) is 11.1 Å². The Morgan fingerprint density at radius 3 is 2.74 bits per heavy atom. The van der Waals surface area contributed by atoms with Crippen molar-refractivity contribution in [3.8, 4) is 0 Å². The Balaban J connectivity index is 2.06. The second kappa shape index (κ2) is 8.52. The highest BCUT2D eigenvalue weighted by molar-refractivity contribution is 6.28. The molecule has 2 N–H and O–H groups in total. The van der Waals surface area contributed by atoms with Gasteiger partial charge in [-0.15, -0.1) is 11.6 Å². The number of benzene rings is 2. The summed E-state index contributed by atoms with van der Waals surface area (Å²) in [4.78, 5) is 19.8. The molecular weight excluding hydrogens is 370 g/mol. The Hall–Kier alpha value is -3.10. The van der Waals surface area contributed by atoms with Gasteiger partial charge in [0, 0.05) is 23.3 Å². The van der Waals surface area contributed by atoms with E-state index in [1.54, 1.807) is 6.07 Å². The molecule has 2 aromatic rings. The van der Waals surface area contributed by atoms with Crippen LogP contribution in [0.25, 0.3) is 0 Å². The number of hydrogen-bond donors (Lipinski definition) is 2. The number of amidine groups is 1. The van der Waals surface area contributed by atoms with Gasteiger partial charge < -0.3 is 5.11 Å². The summed E-state index contributed by atoms with van der Waals surface area (Å²) >= 11 is 5.69. The minimum Gasteiger partial charge on any atom is -0.390 e. The molecule has 8 nitrogen and oxygen atoms in total. The van der Waals surface area contributed by atoms with Crippen LogP contribution in [-0.4, -0.2) is 46.3 Å². The van der Waals surface area contributed by atoms with Crippen molar-refractivity contribution in [2.45, 2.75) is 0 Å². The Morgan fingerprint density at radius 1 is 1.30 bits per heavy atom. The van der Waals surface area contributed by atoms with Gasteiger partial charge in [0.1, 0.15) is 5.84 Å². The number of nitro benzene ring substituents is 1. The molecule has 1 aliphatic heterocycles.